The number of rotatable bonds is 4. The summed E-state index contributed by atoms with van der Waals surface area (Å²) in [7, 11) is 0. The lowest BCUT2D eigenvalue weighted by atomic mass is 10.3. The van der Waals surface area contributed by atoms with Gasteiger partial charge in [0.2, 0.25) is 0 Å². The fourth-order valence-electron chi connectivity index (χ4n) is 1.07. The largest absolute Gasteiger partial charge is 0.323 e. The van der Waals surface area contributed by atoms with E-state index in [4.69, 9.17) is 0 Å². The monoisotopic (exact) mass is 204 g/mol. The van der Waals surface area contributed by atoms with E-state index < -0.39 is 0 Å². The number of hydrogen-bond donors (Lipinski definition) is 2. The SMILES string of the molecule is CCC/C=C/NC(=O)Nc1ccccc1. The molecule has 3 nitrogen and oxygen atoms in total. The first-order chi connectivity index (χ1) is 7.33. The number of carbonyl (C=O) groups is 1. The van der Waals surface area contributed by atoms with Gasteiger partial charge in [-0.25, -0.2) is 4.79 Å². The van der Waals surface area contributed by atoms with Crippen LogP contribution in [0.15, 0.2) is 42.6 Å². The highest BCUT2D eigenvalue weighted by atomic mass is 16.2. The Morgan fingerprint density at radius 1 is 1.33 bits per heavy atom. The molecule has 1 rings (SSSR count). The van der Waals surface area contributed by atoms with Gasteiger partial charge in [0.25, 0.3) is 0 Å². The maximum atomic E-state index is 11.3. The molecule has 1 aromatic rings. The van der Waals surface area contributed by atoms with E-state index in [-0.39, 0.29) is 6.03 Å². The molecule has 0 aliphatic carbocycles. The molecule has 0 saturated heterocycles. The number of anilines is 1. The van der Waals surface area contributed by atoms with E-state index in [1.165, 1.54) is 0 Å². The number of hydrogen-bond acceptors (Lipinski definition) is 1. The Hall–Kier alpha value is -1.77. The van der Waals surface area contributed by atoms with Crippen LogP contribution in [0.1, 0.15) is 19.8 Å². The molecule has 0 atom stereocenters. The van der Waals surface area contributed by atoms with Gasteiger partial charge in [-0.15, -0.1) is 0 Å². The average Bonchev–Trinajstić information content (AvgIpc) is 2.26. The van der Waals surface area contributed by atoms with Crippen molar-refractivity contribution < 1.29 is 4.79 Å². The van der Waals surface area contributed by atoms with Gasteiger partial charge >= 0.3 is 6.03 Å². The van der Waals surface area contributed by atoms with Crippen molar-refractivity contribution in [3.8, 4) is 0 Å². The lowest BCUT2D eigenvalue weighted by Crippen LogP contribution is -2.23. The summed E-state index contributed by atoms with van der Waals surface area (Å²) in [6, 6.07) is 9.13. The van der Waals surface area contributed by atoms with Crippen LogP contribution >= 0.6 is 0 Å². The van der Waals surface area contributed by atoms with Crippen LogP contribution in [0.5, 0.6) is 0 Å². The van der Waals surface area contributed by atoms with Crippen molar-refractivity contribution in [1.29, 1.82) is 0 Å². The van der Waals surface area contributed by atoms with E-state index in [1.54, 1.807) is 6.20 Å². The summed E-state index contributed by atoms with van der Waals surface area (Å²) in [5, 5.41) is 5.35. The first-order valence-electron chi connectivity index (χ1n) is 5.10. The third-order valence-electron chi connectivity index (χ3n) is 1.82. The summed E-state index contributed by atoms with van der Waals surface area (Å²) in [5.41, 5.74) is 0.791. The van der Waals surface area contributed by atoms with Crippen LogP contribution in [0.3, 0.4) is 0 Å². The lowest BCUT2D eigenvalue weighted by molar-refractivity contribution is 0.255. The molecule has 0 aromatic heterocycles. The predicted octanol–water partition coefficient (Wildman–Crippen LogP) is 3.12. The van der Waals surface area contributed by atoms with Gasteiger partial charge in [0.05, 0.1) is 0 Å². The van der Waals surface area contributed by atoms with Crippen LogP contribution in [-0.4, -0.2) is 6.03 Å². The normalized spacial score (nSPS) is 10.2. The molecule has 0 aliphatic rings. The zero-order chi connectivity index (χ0) is 10.9. The van der Waals surface area contributed by atoms with Gasteiger partial charge in [-0.3, -0.25) is 0 Å². The van der Waals surface area contributed by atoms with Crippen molar-refractivity contribution in [2.75, 3.05) is 5.32 Å². The van der Waals surface area contributed by atoms with Crippen LogP contribution in [0, 0.1) is 0 Å². The maximum Gasteiger partial charge on any atom is 0.323 e. The molecular weight excluding hydrogens is 188 g/mol. The highest BCUT2D eigenvalue weighted by Gasteiger charge is 1.96. The molecule has 0 radical (unpaired) electrons. The Bertz CT molecular complexity index is 320. The van der Waals surface area contributed by atoms with Crippen LogP contribution in [-0.2, 0) is 0 Å². The smallest absolute Gasteiger partial charge is 0.315 e. The minimum absolute atomic E-state index is 0.214. The molecule has 3 heteroatoms. The molecule has 0 saturated carbocycles. The predicted molar refractivity (Wildman–Crippen MR) is 62.6 cm³/mol. The second-order valence-electron chi connectivity index (χ2n) is 3.16. The van der Waals surface area contributed by atoms with Crippen molar-refractivity contribution >= 4 is 11.7 Å². The van der Waals surface area contributed by atoms with Gasteiger partial charge in [-0.2, -0.15) is 0 Å². The van der Waals surface area contributed by atoms with Gasteiger partial charge in [-0.1, -0.05) is 37.6 Å². The van der Waals surface area contributed by atoms with Crippen LogP contribution < -0.4 is 10.6 Å². The van der Waals surface area contributed by atoms with Crippen molar-refractivity contribution in [3.05, 3.63) is 42.6 Å². The number of unbranched alkanes of at least 4 members (excludes halogenated alkanes) is 1. The van der Waals surface area contributed by atoms with Crippen molar-refractivity contribution in [2.24, 2.45) is 0 Å². The number of amides is 2. The molecule has 2 amide bonds. The van der Waals surface area contributed by atoms with E-state index in [1.807, 2.05) is 36.4 Å². The third-order valence-corrected chi connectivity index (χ3v) is 1.82. The summed E-state index contributed by atoms with van der Waals surface area (Å²) in [6.07, 6.45) is 5.66. The lowest BCUT2D eigenvalue weighted by Gasteiger charge is -2.03. The second kappa shape index (κ2) is 6.65. The quantitative estimate of drug-likeness (QED) is 0.777. The molecule has 2 N–H and O–H groups in total. The number of benzene rings is 1. The fraction of sp³-hybridized carbons (Fsp3) is 0.250. The van der Waals surface area contributed by atoms with Gasteiger partial charge in [0, 0.05) is 11.9 Å². The first kappa shape index (κ1) is 11.3. The summed E-state index contributed by atoms with van der Waals surface area (Å²) < 4.78 is 0. The fourth-order valence-corrected chi connectivity index (χ4v) is 1.07. The molecule has 0 spiro atoms. The van der Waals surface area contributed by atoms with Gasteiger partial charge in [-0.05, 0) is 18.6 Å². The Morgan fingerprint density at radius 3 is 2.73 bits per heavy atom. The van der Waals surface area contributed by atoms with E-state index >= 15 is 0 Å². The maximum absolute atomic E-state index is 11.3. The topological polar surface area (TPSA) is 41.1 Å². The van der Waals surface area contributed by atoms with E-state index in [0.29, 0.717) is 0 Å². The van der Waals surface area contributed by atoms with Crippen LogP contribution in [0.4, 0.5) is 10.5 Å². The number of urea groups is 1. The Labute approximate surface area is 90.2 Å². The Balaban J connectivity index is 2.31. The molecular formula is C12H16N2O. The number of para-hydroxylation sites is 1. The molecule has 0 bridgehead atoms. The number of carbonyl (C=O) groups excluding carboxylic acids is 1. The Morgan fingerprint density at radius 2 is 2.07 bits per heavy atom. The van der Waals surface area contributed by atoms with Crippen molar-refractivity contribution in [3.63, 3.8) is 0 Å². The van der Waals surface area contributed by atoms with E-state index in [9.17, 15) is 4.79 Å². The number of allylic oxidation sites excluding steroid dienone is 1. The zero-order valence-electron chi connectivity index (χ0n) is 8.86. The molecule has 0 fully saturated rings. The Kier molecular flexibility index (Phi) is 5.01. The van der Waals surface area contributed by atoms with Gasteiger partial charge < -0.3 is 10.6 Å². The summed E-state index contributed by atoms with van der Waals surface area (Å²) in [6.45, 7) is 2.09. The summed E-state index contributed by atoms with van der Waals surface area (Å²) >= 11 is 0. The van der Waals surface area contributed by atoms with Crippen molar-refractivity contribution in [1.82, 2.24) is 5.32 Å². The molecule has 0 heterocycles. The van der Waals surface area contributed by atoms with Crippen LogP contribution in [0.25, 0.3) is 0 Å². The van der Waals surface area contributed by atoms with E-state index in [2.05, 4.69) is 17.6 Å². The average molecular weight is 204 g/mol. The molecule has 80 valence electrons. The third kappa shape index (κ3) is 4.86. The molecule has 15 heavy (non-hydrogen) atoms. The molecule has 1 aromatic carbocycles. The molecule has 0 unspecified atom stereocenters. The molecule has 0 aliphatic heterocycles. The van der Waals surface area contributed by atoms with Crippen molar-refractivity contribution in [2.45, 2.75) is 19.8 Å². The second-order valence-corrected chi connectivity index (χ2v) is 3.16. The van der Waals surface area contributed by atoms with Crippen LogP contribution in [0.2, 0.25) is 0 Å². The summed E-state index contributed by atoms with van der Waals surface area (Å²) in [5.74, 6) is 0. The minimum Gasteiger partial charge on any atom is -0.315 e. The zero-order valence-corrected chi connectivity index (χ0v) is 8.86. The first-order valence-corrected chi connectivity index (χ1v) is 5.10. The van der Waals surface area contributed by atoms with Gasteiger partial charge in [0.15, 0.2) is 0 Å². The number of nitrogens with one attached hydrogen (secondary N) is 2. The van der Waals surface area contributed by atoms with Gasteiger partial charge in [0.1, 0.15) is 0 Å². The van der Waals surface area contributed by atoms with E-state index in [0.717, 1.165) is 18.5 Å². The highest BCUT2D eigenvalue weighted by Crippen LogP contribution is 2.03. The minimum atomic E-state index is -0.214. The standard InChI is InChI=1S/C12H16N2O/c1-2-3-7-10-13-12(15)14-11-8-5-4-6-9-11/h4-10H,2-3H2,1H3,(H2,13,14,15)/b10-7+. The highest BCUT2D eigenvalue weighted by molar-refractivity contribution is 5.89. The summed E-state index contributed by atoms with van der Waals surface area (Å²) in [4.78, 5) is 11.3.